The predicted molar refractivity (Wildman–Crippen MR) is 120 cm³/mol. The maximum atomic E-state index is 12.1. The Morgan fingerprint density at radius 1 is 0.763 bits per heavy atom. The average Bonchev–Trinajstić information content (AvgIpc) is 2.89. The maximum Gasteiger partial charge on any atom is 0.322 e. The van der Waals surface area contributed by atoms with Gasteiger partial charge in [0.05, 0.1) is 19.6 Å². The van der Waals surface area contributed by atoms with Crippen LogP contribution in [0.5, 0.6) is 11.5 Å². The summed E-state index contributed by atoms with van der Waals surface area (Å²) in [6.07, 6.45) is -16.6. The fourth-order valence-corrected chi connectivity index (χ4v) is 3.85. The van der Waals surface area contributed by atoms with Gasteiger partial charge in [0.2, 0.25) is 18.5 Å². The number of carbonyl (C=O) groups excluding carboxylic acids is 1. The van der Waals surface area contributed by atoms with Crippen molar-refractivity contribution >= 4 is 11.9 Å². The number of aliphatic hydroxyl groups is 8. The summed E-state index contributed by atoms with van der Waals surface area (Å²) in [6, 6.07) is 3.86. The van der Waals surface area contributed by atoms with Crippen molar-refractivity contribution in [2.75, 3.05) is 19.8 Å². The van der Waals surface area contributed by atoms with Crippen LogP contribution in [0.15, 0.2) is 18.2 Å². The Morgan fingerprint density at radius 3 is 1.74 bits per heavy atom. The van der Waals surface area contributed by atoms with Crippen LogP contribution < -0.4 is 14.8 Å². The number of hydrogen-bond donors (Lipinski definition) is 10. The van der Waals surface area contributed by atoms with Gasteiger partial charge in [0.1, 0.15) is 55.4 Å². The summed E-state index contributed by atoms with van der Waals surface area (Å²) in [5.41, 5.74) is 0.258. The number of rotatable bonds is 10. The third-order valence-corrected chi connectivity index (χ3v) is 5.99. The topological polar surface area (TPSA) is 265 Å². The summed E-state index contributed by atoms with van der Waals surface area (Å²) in [4.78, 5) is 22.8. The Hall–Kier alpha value is -2.64. The molecule has 0 saturated carbocycles. The molecule has 214 valence electrons. The Bertz CT molecular complexity index is 959. The van der Waals surface area contributed by atoms with E-state index in [0.717, 1.165) is 0 Å². The van der Waals surface area contributed by atoms with Crippen molar-refractivity contribution in [1.82, 2.24) is 5.32 Å². The molecule has 0 bridgehead atoms. The van der Waals surface area contributed by atoms with E-state index < -0.39 is 93.0 Å². The van der Waals surface area contributed by atoms with Gasteiger partial charge in [0.15, 0.2) is 11.5 Å². The van der Waals surface area contributed by atoms with Crippen molar-refractivity contribution in [2.45, 2.75) is 67.8 Å². The van der Waals surface area contributed by atoms with E-state index in [-0.39, 0.29) is 23.5 Å². The molecule has 2 heterocycles. The molecule has 2 aliphatic rings. The summed E-state index contributed by atoms with van der Waals surface area (Å²) < 4.78 is 21.9. The van der Waals surface area contributed by atoms with Crippen LogP contribution in [-0.2, 0) is 25.5 Å². The van der Waals surface area contributed by atoms with E-state index >= 15 is 0 Å². The average molecular weight is 549 g/mol. The molecule has 1 aromatic carbocycles. The Balaban J connectivity index is 1.88. The van der Waals surface area contributed by atoms with E-state index in [0.29, 0.717) is 0 Å². The molecule has 0 aliphatic carbocycles. The quantitative estimate of drug-likeness (QED) is 0.131. The molecule has 38 heavy (non-hydrogen) atoms. The number of nitrogens with one attached hydrogen (secondary N) is 1. The molecule has 2 aliphatic heterocycles. The van der Waals surface area contributed by atoms with E-state index in [4.69, 9.17) is 24.1 Å². The number of hydrogen-bond acceptors (Lipinski definition) is 14. The standard InChI is InChI=1S/C22H31NO15/c24-6-11-15(29)17(31)19(33)21(37-11)35-9-2-1-8(4-13(26)23-5-14(27)28)3-10(9)36-22-20(34)18(32)16(30)12(7-25)38-22/h1-3,11-12,15-22,24-25,29-34H,4-7H2,(H,23,26)(H,27,28)/t11-,12-,15-,16-,17+,18+,19-,20+,21-,22+/m1/s1. The van der Waals surface area contributed by atoms with Crippen molar-refractivity contribution in [3.8, 4) is 11.5 Å². The highest BCUT2D eigenvalue weighted by atomic mass is 16.7. The minimum Gasteiger partial charge on any atom is -0.480 e. The number of amides is 1. The molecule has 10 atom stereocenters. The van der Waals surface area contributed by atoms with Gasteiger partial charge >= 0.3 is 5.97 Å². The maximum absolute atomic E-state index is 12.1. The summed E-state index contributed by atoms with van der Waals surface area (Å²) in [7, 11) is 0. The second kappa shape index (κ2) is 12.9. The van der Waals surface area contributed by atoms with Gasteiger partial charge in [-0.2, -0.15) is 0 Å². The Kier molecular flexibility index (Phi) is 10.2. The molecule has 1 amide bonds. The third kappa shape index (κ3) is 6.86. The first-order valence-corrected chi connectivity index (χ1v) is 11.5. The van der Waals surface area contributed by atoms with Gasteiger partial charge in [0, 0.05) is 0 Å². The van der Waals surface area contributed by atoms with Crippen molar-refractivity contribution in [2.24, 2.45) is 0 Å². The highest BCUT2D eigenvalue weighted by Gasteiger charge is 2.46. The number of carbonyl (C=O) groups is 2. The Labute approximate surface area is 215 Å². The van der Waals surface area contributed by atoms with Crippen molar-refractivity contribution in [3.05, 3.63) is 23.8 Å². The normalized spacial score (nSPS) is 35.4. The van der Waals surface area contributed by atoms with Crippen LogP contribution in [-0.4, -0.2) is 139 Å². The second-order valence-electron chi connectivity index (χ2n) is 8.76. The zero-order chi connectivity index (χ0) is 28.1. The molecule has 0 spiro atoms. The third-order valence-electron chi connectivity index (χ3n) is 5.99. The summed E-state index contributed by atoms with van der Waals surface area (Å²) in [5.74, 6) is -2.38. The van der Waals surface area contributed by atoms with Crippen LogP contribution in [0.3, 0.4) is 0 Å². The van der Waals surface area contributed by atoms with Crippen LogP contribution in [0.4, 0.5) is 0 Å². The molecule has 3 rings (SSSR count). The first-order chi connectivity index (χ1) is 18.0. The van der Waals surface area contributed by atoms with E-state index in [9.17, 15) is 50.4 Å². The first kappa shape index (κ1) is 29.9. The number of carboxylic acid groups (broad SMARTS) is 1. The van der Waals surface area contributed by atoms with Gasteiger partial charge < -0.3 is 70.2 Å². The molecule has 0 unspecified atom stereocenters. The monoisotopic (exact) mass is 549 g/mol. The number of benzene rings is 1. The molecule has 2 saturated heterocycles. The first-order valence-electron chi connectivity index (χ1n) is 11.5. The fraction of sp³-hybridized carbons (Fsp3) is 0.636. The summed E-state index contributed by atoms with van der Waals surface area (Å²) in [6.45, 7) is -2.07. The van der Waals surface area contributed by atoms with Gasteiger partial charge in [-0.3, -0.25) is 9.59 Å². The van der Waals surface area contributed by atoms with Crippen molar-refractivity contribution in [1.29, 1.82) is 0 Å². The van der Waals surface area contributed by atoms with Gasteiger partial charge in [-0.1, -0.05) is 6.07 Å². The van der Waals surface area contributed by atoms with E-state index in [1.165, 1.54) is 18.2 Å². The smallest absolute Gasteiger partial charge is 0.322 e. The Morgan fingerprint density at radius 2 is 1.26 bits per heavy atom. The van der Waals surface area contributed by atoms with Crippen molar-refractivity contribution in [3.63, 3.8) is 0 Å². The van der Waals surface area contributed by atoms with E-state index in [1.54, 1.807) is 0 Å². The van der Waals surface area contributed by atoms with Crippen LogP contribution >= 0.6 is 0 Å². The predicted octanol–water partition coefficient (Wildman–Crippen LogP) is -5.21. The lowest BCUT2D eigenvalue weighted by atomic mass is 9.99. The van der Waals surface area contributed by atoms with Crippen LogP contribution in [0.25, 0.3) is 0 Å². The number of ether oxygens (including phenoxy) is 4. The molecule has 10 N–H and O–H groups in total. The molecule has 2 fully saturated rings. The second-order valence-corrected chi connectivity index (χ2v) is 8.76. The molecule has 16 nitrogen and oxygen atoms in total. The molecule has 1 aromatic rings. The minimum atomic E-state index is -1.81. The largest absolute Gasteiger partial charge is 0.480 e. The summed E-state index contributed by atoms with van der Waals surface area (Å²) in [5, 5.41) is 90.5. The zero-order valence-corrected chi connectivity index (χ0v) is 19.8. The van der Waals surface area contributed by atoms with Gasteiger partial charge in [-0.25, -0.2) is 0 Å². The highest BCUT2D eigenvalue weighted by molar-refractivity contribution is 5.82. The molecule has 0 aromatic heterocycles. The van der Waals surface area contributed by atoms with Crippen LogP contribution in [0.1, 0.15) is 5.56 Å². The van der Waals surface area contributed by atoms with Gasteiger partial charge in [-0.05, 0) is 17.7 Å². The lowest BCUT2D eigenvalue weighted by molar-refractivity contribution is -0.282. The van der Waals surface area contributed by atoms with Crippen LogP contribution in [0, 0.1) is 0 Å². The van der Waals surface area contributed by atoms with Gasteiger partial charge in [0.25, 0.3) is 0 Å². The zero-order valence-electron chi connectivity index (χ0n) is 19.8. The highest BCUT2D eigenvalue weighted by Crippen LogP contribution is 2.35. The molecular formula is C22H31NO15. The van der Waals surface area contributed by atoms with Crippen LogP contribution in [0.2, 0.25) is 0 Å². The van der Waals surface area contributed by atoms with E-state index in [2.05, 4.69) is 5.32 Å². The SMILES string of the molecule is O=C(O)CNC(=O)Cc1ccc(O[C@@H]2O[C@H](CO)[C@@H](O)[C@H](O)[C@H]2O)c(O[C@H]2O[C@H](CO)[C@@H](O)[C@H](O)[C@@H]2O)c1. The number of carboxylic acids is 1. The molecule has 0 radical (unpaired) electrons. The van der Waals surface area contributed by atoms with E-state index in [1.807, 2.05) is 0 Å². The number of aliphatic hydroxyl groups excluding tert-OH is 8. The lowest BCUT2D eigenvalue weighted by Gasteiger charge is -2.41. The number of aliphatic carboxylic acids is 1. The lowest BCUT2D eigenvalue weighted by Crippen LogP contribution is -2.60. The summed E-state index contributed by atoms with van der Waals surface area (Å²) >= 11 is 0. The van der Waals surface area contributed by atoms with Gasteiger partial charge in [-0.15, -0.1) is 0 Å². The van der Waals surface area contributed by atoms with Crippen molar-refractivity contribution < 1.29 is 74.5 Å². The minimum absolute atomic E-state index is 0.207. The molecule has 16 heteroatoms. The fourth-order valence-electron chi connectivity index (χ4n) is 3.85. The molecular weight excluding hydrogens is 518 g/mol.